The third-order valence-corrected chi connectivity index (χ3v) is 15.9. The molecule has 50 heteroatoms. The van der Waals surface area contributed by atoms with Crippen LogP contribution in [0.3, 0.4) is 0 Å². The van der Waals surface area contributed by atoms with Crippen molar-refractivity contribution < 1.29 is 159 Å². The van der Waals surface area contributed by atoms with Gasteiger partial charge in [0.15, 0.2) is 0 Å². The molecular formula is C53H70N10O35S5. The molecule has 0 radical (unpaired) electrons. The molecule has 0 saturated carbocycles. The van der Waals surface area contributed by atoms with E-state index in [1.54, 1.807) is 10.6 Å². The first-order valence-corrected chi connectivity index (χ1v) is 35.9. The lowest BCUT2D eigenvalue weighted by Gasteiger charge is -2.30. The number of nitrogens with one attached hydrogen (secondary N) is 8. The molecule has 20 N–H and O–H groups in total. The molecule has 0 unspecified atom stereocenters. The van der Waals surface area contributed by atoms with E-state index in [1.165, 1.54) is 26.0 Å². The van der Waals surface area contributed by atoms with Gasteiger partial charge in [-0.1, -0.05) is 56.7 Å². The summed E-state index contributed by atoms with van der Waals surface area (Å²) in [5.74, 6) is -21.1. The Bertz CT molecular complexity index is 4190. The summed E-state index contributed by atoms with van der Waals surface area (Å²) in [5, 5.41) is 44.9. The first-order chi connectivity index (χ1) is 47.4. The lowest BCUT2D eigenvalue weighted by molar-refractivity contribution is -0.144. The van der Waals surface area contributed by atoms with Gasteiger partial charge in [-0.3, -0.25) is 75.5 Å². The number of carbonyl (C=O) groups excluding carboxylic acids is 9. The molecule has 0 spiro atoms. The molecule has 0 aliphatic rings. The quantitative estimate of drug-likeness (QED) is 0.0234. The monoisotopic (exact) mass is 1570 g/mol. The van der Waals surface area contributed by atoms with Crippen LogP contribution in [0, 0.1) is 5.92 Å². The van der Waals surface area contributed by atoms with Gasteiger partial charge in [-0.15, -0.1) is 0 Å². The maximum absolute atomic E-state index is 14.9. The molecule has 3 aromatic rings. The van der Waals surface area contributed by atoms with Gasteiger partial charge >= 0.3 is 69.9 Å². The normalized spacial score (nSPS) is 15.1. The van der Waals surface area contributed by atoms with Crippen LogP contribution in [0.25, 0.3) is 0 Å². The number of rotatable bonds is 44. The van der Waals surface area contributed by atoms with Crippen molar-refractivity contribution in [3.05, 3.63) is 89.5 Å². The van der Waals surface area contributed by atoms with Gasteiger partial charge < -0.3 is 81.9 Å². The Kier molecular flexibility index (Phi) is 32.6. The highest BCUT2D eigenvalue weighted by atomic mass is 32.3. The van der Waals surface area contributed by atoms with E-state index in [1.807, 2.05) is 5.32 Å². The molecular weight excluding hydrogens is 1500 g/mol. The summed E-state index contributed by atoms with van der Waals surface area (Å²) in [6.45, 7) is 1.84. The Labute approximate surface area is 584 Å². The Morgan fingerprint density at radius 3 is 1.16 bits per heavy atom. The molecule has 572 valence electrons. The molecule has 0 aromatic heterocycles. The molecule has 0 bridgehead atoms. The summed E-state index contributed by atoms with van der Waals surface area (Å²) >= 11 is 0. The minimum absolute atomic E-state index is 0.00161. The van der Waals surface area contributed by atoms with Crippen LogP contribution in [0.2, 0.25) is 0 Å². The number of carboxylic acid groups (broad SMARTS) is 3. The van der Waals surface area contributed by atoms with Crippen molar-refractivity contribution in [1.82, 2.24) is 42.5 Å². The zero-order valence-corrected chi connectivity index (χ0v) is 57.5. The van der Waals surface area contributed by atoms with Crippen molar-refractivity contribution >= 4 is 123 Å². The Morgan fingerprint density at radius 2 is 0.767 bits per heavy atom. The molecule has 11 atom stereocenters. The van der Waals surface area contributed by atoms with Crippen molar-refractivity contribution in [2.75, 3.05) is 6.61 Å². The highest BCUT2D eigenvalue weighted by Crippen LogP contribution is 2.20. The molecule has 45 nitrogen and oxygen atoms in total. The zero-order chi connectivity index (χ0) is 78.3. The largest absolute Gasteiger partial charge is 0.481 e. The van der Waals surface area contributed by atoms with Crippen LogP contribution in [0.1, 0.15) is 69.6 Å². The summed E-state index contributed by atoms with van der Waals surface area (Å²) in [6.07, 6.45) is -8.53. The lowest BCUT2D eigenvalue weighted by atomic mass is 9.96. The molecule has 0 saturated heterocycles. The minimum atomic E-state index is -5.71. The molecule has 3 aromatic carbocycles. The fraction of sp³-hybridized carbons (Fsp3) is 0.434. The summed E-state index contributed by atoms with van der Waals surface area (Å²) in [7, 11) is -26.6. The molecule has 0 aliphatic heterocycles. The fourth-order valence-corrected chi connectivity index (χ4v) is 10.6. The second kappa shape index (κ2) is 38.4. The fourth-order valence-electron chi connectivity index (χ4n) is 8.77. The van der Waals surface area contributed by atoms with Crippen molar-refractivity contribution in [2.45, 2.75) is 133 Å². The smallest absolute Gasteiger partial charge is 0.446 e. The van der Waals surface area contributed by atoms with Crippen LogP contribution < -0.4 is 66.6 Å². The molecule has 0 fully saturated rings. The molecule has 103 heavy (non-hydrogen) atoms. The lowest BCUT2D eigenvalue weighted by Crippen LogP contribution is -2.63. The third kappa shape index (κ3) is 33.7. The van der Waals surface area contributed by atoms with Gasteiger partial charge in [-0.2, -0.15) is 42.1 Å². The van der Waals surface area contributed by atoms with Gasteiger partial charge in [-0.25, -0.2) is 13.2 Å². The molecule has 0 heterocycles. The Balaban J connectivity index is 2.19. The van der Waals surface area contributed by atoms with E-state index in [0.29, 0.717) is 6.92 Å². The third-order valence-electron chi connectivity index (χ3n) is 13.8. The van der Waals surface area contributed by atoms with Gasteiger partial charge in [-0.05, 0) is 78.8 Å². The second-order valence-electron chi connectivity index (χ2n) is 21.9. The van der Waals surface area contributed by atoms with E-state index >= 15 is 0 Å². The van der Waals surface area contributed by atoms with Crippen LogP contribution in [-0.2, 0) is 137 Å². The summed E-state index contributed by atoms with van der Waals surface area (Å²) in [5.41, 5.74) is 11.5. The second-order valence-corrected chi connectivity index (χ2v) is 27.1. The van der Waals surface area contributed by atoms with Crippen LogP contribution in [0.15, 0.2) is 72.8 Å². The predicted molar refractivity (Wildman–Crippen MR) is 340 cm³/mol. The van der Waals surface area contributed by atoms with E-state index < -0.39 is 246 Å². The van der Waals surface area contributed by atoms with Gasteiger partial charge in [0.05, 0.1) is 25.5 Å². The number of nitrogens with two attached hydrogens (primary N) is 2. The minimum Gasteiger partial charge on any atom is -0.481 e. The van der Waals surface area contributed by atoms with Crippen LogP contribution in [0.4, 0.5) is 0 Å². The van der Waals surface area contributed by atoms with E-state index in [9.17, 15) is 128 Å². The zero-order valence-electron chi connectivity index (χ0n) is 53.4. The first-order valence-electron chi connectivity index (χ1n) is 29.1. The average molecular weight is 1570 g/mol. The Morgan fingerprint density at radius 1 is 0.417 bits per heavy atom. The number of aliphatic carboxylic acids is 3. The first kappa shape index (κ1) is 87.3. The van der Waals surface area contributed by atoms with Crippen LogP contribution in [-0.4, -0.2) is 218 Å². The highest BCUT2D eigenvalue weighted by Gasteiger charge is 2.40. The van der Waals surface area contributed by atoms with E-state index in [0.717, 1.165) is 60.7 Å². The number of benzene rings is 3. The van der Waals surface area contributed by atoms with Gasteiger partial charge in [0.25, 0.3) is 0 Å². The van der Waals surface area contributed by atoms with Crippen molar-refractivity contribution in [3.8, 4) is 17.2 Å². The van der Waals surface area contributed by atoms with Crippen LogP contribution >= 0.6 is 0 Å². The molecule has 0 aliphatic carbocycles. The van der Waals surface area contributed by atoms with Gasteiger partial charge in [0.1, 0.15) is 71.7 Å². The molecule has 9 amide bonds. The summed E-state index contributed by atoms with van der Waals surface area (Å²) in [6, 6.07) is -7.10. The van der Waals surface area contributed by atoms with Gasteiger partial charge in [0.2, 0.25) is 53.2 Å². The number of carboxylic acids is 3. The number of amides is 9. The summed E-state index contributed by atoms with van der Waals surface area (Å²) < 4.78 is 184. The number of primary amides is 1. The number of hydrogen-bond donors (Lipinski definition) is 18. The standard InChI is InChI=1S/C53H70N10O35S5/c1-4-25(2)43(62-49(73)38(23-42(67)68)57-45(69)33(54)19-27-5-11-30(12-6-27)96-101(85,86)87)51(75)60-37(22-40(55)64)47(71)58-35(20-28-7-13-31(14-8-28)97-102(88,89)90)46(70)59-36(21-29-9-15-32(16-10-29)98-103(91,92)93)48(72)63-44(26(3)95-100(82,83)84)52(76)61-39(24-94-99(79,80)81)50(74)56-34(53(77)78)17-18-41(65)66/h5-16,25-26,33-39,43-44H,4,17-24,54H2,1-3H3,(H2,55,64)(H,56,74)(H,57,69)(H,58,71)(H,59,70)(H,60,75)(H,61,76)(H,62,73)(H,63,72)(H,65,66)(H,67,68)(H,77,78)(H,79,80,81)(H,82,83,84)(H,85,86,87)(H,88,89,90)(H,91,92,93)/t25-,26+,33-,34-,35-,36-,37-,38-,39-,43-,44-/m0/s1. The maximum atomic E-state index is 14.9. The topological polar surface area (TPSA) is 732 Å². The van der Waals surface area contributed by atoms with E-state index in [2.05, 4.69) is 47.5 Å². The SMILES string of the molecule is CC[C@H](C)[C@H](NC(=O)[C@H](CC(=O)O)NC(=O)[C@@H](N)Cc1ccc(OS(=O)(=O)O)cc1)C(=O)N[C@@H](CC(N)=O)C(=O)N[C@@H](Cc1ccc(OS(=O)(=O)O)cc1)C(=O)N[C@@H](Cc1ccc(OS(=O)(=O)O)cc1)C(=O)N[C@H](C(=O)N[C@@H](COS(=O)(=O)O)C(=O)N[C@@H](CCC(=O)O)C(=O)O)[C@@H](C)OS(=O)(=O)O. The van der Waals surface area contributed by atoms with Crippen molar-refractivity contribution in [1.29, 1.82) is 0 Å². The molecule has 3 rings (SSSR count). The van der Waals surface area contributed by atoms with Crippen molar-refractivity contribution in [3.63, 3.8) is 0 Å². The van der Waals surface area contributed by atoms with Gasteiger partial charge in [0, 0.05) is 19.3 Å². The van der Waals surface area contributed by atoms with E-state index in [-0.39, 0.29) is 35.3 Å². The average Bonchev–Trinajstić information content (AvgIpc) is 0.836. The Hall–Kier alpha value is -9.87. The number of hydrogen-bond acceptors (Lipinski definition) is 28. The maximum Gasteiger partial charge on any atom is 0.446 e. The summed E-state index contributed by atoms with van der Waals surface area (Å²) in [4.78, 5) is 161. The number of carbonyl (C=O) groups is 12. The van der Waals surface area contributed by atoms with Crippen molar-refractivity contribution in [2.24, 2.45) is 17.4 Å². The predicted octanol–water partition coefficient (Wildman–Crippen LogP) is -6.16. The van der Waals surface area contributed by atoms with Crippen LogP contribution in [0.5, 0.6) is 17.2 Å². The van der Waals surface area contributed by atoms with E-state index in [4.69, 9.17) is 21.1 Å². The highest BCUT2D eigenvalue weighted by molar-refractivity contribution is 7.82.